The van der Waals surface area contributed by atoms with Gasteiger partial charge in [-0.25, -0.2) is 4.98 Å². The molecule has 0 spiro atoms. The van der Waals surface area contributed by atoms with E-state index in [9.17, 15) is 0 Å². The lowest BCUT2D eigenvalue weighted by Gasteiger charge is -1.83. The molecule has 0 N–H and O–H groups in total. The average molecular weight is 177 g/mol. The van der Waals surface area contributed by atoms with Gasteiger partial charge in [-0.2, -0.15) is 0 Å². The van der Waals surface area contributed by atoms with Crippen LogP contribution in [0.4, 0.5) is 0 Å². The summed E-state index contributed by atoms with van der Waals surface area (Å²) in [5, 5.41) is 0. The third-order valence-electron chi connectivity index (χ3n) is 1.60. The lowest BCUT2D eigenvalue weighted by molar-refractivity contribution is 0.591. The zero-order valence-corrected chi connectivity index (χ0v) is 7.39. The Hall–Kier alpha value is -1.22. The first-order chi connectivity index (χ1) is 5.77. The Bertz CT molecular complexity index is 400. The lowest BCUT2D eigenvalue weighted by Crippen LogP contribution is -1.87. The summed E-state index contributed by atoms with van der Waals surface area (Å²) in [5.74, 6) is 0.547. The van der Waals surface area contributed by atoms with Gasteiger partial charge in [-0.1, -0.05) is 24.4 Å². The van der Waals surface area contributed by atoms with Gasteiger partial charge in [0.25, 0.3) is 0 Å². The summed E-state index contributed by atoms with van der Waals surface area (Å²) < 4.78 is 5.38. The highest BCUT2D eigenvalue weighted by atomic mass is 32.1. The van der Waals surface area contributed by atoms with Crippen molar-refractivity contribution in [1.29, 1.82) is 0 Å². The quantitative estimate of drug-likeness (QED) is 0.494. The Balaban J connectivity index is 2.70. The molecule has 12 heavy (non-hydrogen) atoms. The molecule has 0 amide bonds. The number of thiocarbonyl (C=S) groups is 1. The first-order valence-electron chi connectivity index (χ1n) is 3.64. The molecule has 60 valence electrons. The molecule has 0 aliphatic heterocycles. The summed E-state index contributed by atoms with van der Waals surface area (Å²) in [5.41, 5.74) is 1.65. The molecule has 1 aromatic heterocycles. The molecule has 0 atom stereocenters. The molecule has 0 fully saturated rings. The zero-order valence-electron chi connectivity index (χ0n) is 6.57. The van der Waals surface area contributed by atoms with Crippen molar-refractivity contribution in [1.82, 2.24) is 4.98 Å². The van der Waals surface area contributed by atoms with Crippen molar-refractivity contribution >= 4 is 28.2 Å². The number of nitrogens with zero attached hydrogens (tertiary/aromatic N) is 1. The second-order valence-electron chi connectivity index (χ2n) is 2.54. The molecule has 0 bridgehead atoms. The molecule has 2 aromatic rings. The van der Waals surface area contributed by atoms with Crippen molar-refractivity contribution in [2.45, 2.75) is 6.92 Å². The van der Waals surface area contributed by atoms with E-state index >= 15 is 0 Å². The van der Waals surface area contributed by atoms with Crippen LogP contribution in [0.1, 0.15) is 12.8 Å². The van der Waals surface area contributed by atoms with Gasteiger partial charge in [0, 0.05) is 0 Å². The maximum absolute atomic E-state index is 5.38. The molecule has 0 aliphatic carbocycles. The Morgan fingerprint density at radius 1 is 1.42 bits per heavy atom. The van der Waals surface area contributed by atoms with Crippen LogP contribution >= 0.6 is 12.2 Å². The normalized spacial score (nSPS) is 10.4. The molecule has 1 heterocycles. The van der Waals surface area contributed by atoms with Gasteiger partial charge in [-0.05, 0) is 19.1 Å². The molecule has 0 saturated carbocycles. The van der Waals surface area contributed by atoms with E-state index in [1.165, 1.54) is 0 Å². The van der Waals surface area contributed by atoms with Gasteiger partial charge in [-0.3, -0.25) is 0 Å². The van der Waals surface area contributed by atoms with Crippen molar-refractivity contribution < 1.29 is 4.42 Å². The average Bonchev–Trinajstić information content (AvgIpc) is 2.46. The number of benzene rings is 1. The first-order valence-corrected chi connectivity index (χ1v) is 4.05. The highest BCUT2D eigenvalue weighted by Gasteiger charge is 2.04. The molecule has 0 unspecified atom stereocenters. The van der Waals surface area contributed by atoms with Crippen LogP contribution in [0, 0.1) is 0 Å². The molecule has 3 heteroatoms. The second kappa shape index (κ2) is 2.68. The fourth-order valence-corrected chi connectivity index (χ4v) is 1.11. The second-order valence-corrected chi connectivity index (χ2v) is 3.16. The molecule has 2 nitrogen and oxygen atoms in total. The van der Waals surface area contributed by atoms with E-state index in [0.29, 0.717) is 10.8 Å². The maximum atomic E-state index is 5.38. The van der Waals surface area contributed by atoms with Crippen molar-refractivity contribution in [3.63, 3.8) is 0 Å². The first kappa shape index (κ1) is 7.43. The van der Waals surface area contributed by atoms with Gasteiger partial charge in [0.2, 0.25) is 5.89 Å². The number of para-hydroxylation sites is 2. The Kier molecular flexibility index (Phi) is 1.66. The summed E-state index contributed by atoms with van der Waals surface area (Å²) in [7, 11) is 0. The van der Waals surface area contributed by atoms with Crippen LogP contribution in [0.3, 0.4) is 0 Å². The van der Waals surface area contributed by atoms with E-state index in [1.807, 2.05) is 24.3 Å². The number of rotatable bonds is 1. The van der Waals surface area contributed by atoms with E-state index < -0.39 is 0 Å². The van der Waals surface area contributed by atoms with Crippen LogP contribution in [0.15, 0.2) is 28.7 Å². The van der Waals surface area contributed by atoms with Crippen LogP contribution < -0.4 is 0 Å². The maximum Gasteiger partial charge on any atom is 0.233 e. The number of aromatic nitrogens is 1. The summed E-state index contributed by atoms with van der Waals surface area (Å²) >= 11 is 4.95. The molecule has 1 aromatic carbocycles. The molecule has 0 aliphatic rings. The number of oxazole rings is 1. The van der Waals surface area contributed by atoms with Gasteiger partial charge >= 0.3 is 0 Å². The number of hydrogen-bond acceptors (Lipinski definition) is 3. The van der Waals surface area contributed by atoms with Crippen LogP contribution in [-0.2, 0) is 0 Å². The number of fused-ring (bicyclic) bond motifs is 1. The minimum atomic E-state index is 0.547. The fraction of sp³-hybridized carbons (Fsp3) is 0.111. The summed E-state index contributed by atoms with van der Waals surface area (Å²) in [6.07, 6.45) is 0. The lowest BCUT2D eigenvalue weighted by atomic mass is 10.3. The molecular weight excluding hydrogens is 170 g/mol. The zero-order chi connectivity index (χ0) is 8.55. The van der Waals surface area contributed by atoms with Gasteiger partial charge in [-0.15, -0.1) is 0 Å². The smallest absolute Gasteiger partial charge is 0.233 e. The van der Waals surface area contributed by atoms with Crippen molar-refractivity contribution in [3.05, 3.63) is 30.2 Å². The topological polar surface area (TPSA) is 26.0 Å². The third kappa shape index (κ3) is 1.12. The fourth-order valence-electron chi connectivity index (χ4n) is 1.02. The summed E-state index contributed by atoms with van der Waals surface area (Å²) in [6.45, 7) is 1.81. The van der Waals surface area contributed by atoms with Crippen molar-refractivity contribution in [2.75, 3.05) is 0 Å². The Labute approximate surface area is 75.2 Å². The van der Waals surface area contributed by atoms with Gasteiger partial charge in [0.05, 0.1) is 4.86 Å². The van der Waals surface area contributed by atoms with Gasteiger partial charge in [0.1, 0.15) is 5.52 Å². The summed E-state index contributed by atoms with van der Waals surface area (Å²) in [4.78, 5) is 4.89. The van der Waals surface area contributed by atoms with Crippen LogP contribution in [0.25, 0.3) is 11.1 Å². The minimum absolute atomic E-state index is 0.547. The van der Waals surface area contributed by atoms with Crippen molar-refractivity contribution in [2.24, 2.45) is 0 Å². The van der Waals surface area contributed by atoms with Crippen LogP contribution in [-0.4, -0.2) is 9.85 Å². The van der Waals surface area contributed by atoms with Gasteiger partial charge in [0.15, 0.2) is 5.58 Å². The summed E-state index contributed by atoms with van der Waals surface area (Å²) in [6, 6.07) is 7.62. The van der Waals surface area contributed by atoms with E-state index in [0.717, 1.165) is 11.1 Å². The SMILES string of the molecule is CC(=S)c1nc2ccccc2o1. The van der Waals surface area contributed by atoms with Crippen molar-refractivity contribution in [3.8, 4) is 0 Å². The van der Waals surface area contributed by atoms with Gasteiger partial charge < -0.3 is 4.42 Å². The Morgan fingerprint density at radius 3 is 2.83 bits per heavy atom. The molecule has 2 rings (SSSR count). The molecule has 0 saturated heterocycles. The van der Waals surface area contributed by atoms with Crippen LogP contribution in [0.5, 0.6) is 0 Å². The van der Waals surface area contributed by atoms with E-state index in [4.69, 9.17) is 16.6 Å². The number of hydrogen-bond donors (Lipinski definition) is 0. The van der Waals surface area contributed by atoms with E-state index in [-0.39, 0.29) is 0 Å². The predicted octanol–water partition coefficient (Wildman–Crippen LogP) is 2.57. The third-order valence-corrected chi connectivity index (χ3v) is 1.77. The highest BCUT2D eigenvalue weighted by Crippen LogP contribution is 2.14. The van der Waals surface area contributed by atoms with E-state index in [1.54, 1.807) is 6.92 Å². The van der Waals surface area contributed by atoms with Crippen LogP contribution in [0.2, 0.25) is 0 Å². The highest BCUT2D eigenvalue weighted by molar-refractivity contribution is 7.80. The standard InChI is InChI=1S/C9H7NOS/c1-6(12)9-10-7-4-2-3-5-8(7)11-9/h2-5H,1H3. The minimum Gasteiger partial charge on any atom is -0.436 e. The molecule has 0 radical (unpaired) electrons. The monoisotopic (exact) mass is 177 g/mol. The largest absolute Gasteiger partial charge is 0.436 e. The predicted molar refractivity (Wildman–Crippen MR) is 51.4 cm³/mol. The van der Waals surface area contributed by atoms with E-state index in [2.05, 4.69) is 4.98 Å². The Morgan fingerprint density at radius 2 is 2.17 bits per heavy atom. The molecular formula is C9H7NOS.